The predicted octanol–water partition coefficient (Wildman–Crippen LogP) is 2.45. The van der Waals surface area contributed by atoms with Crippen molar-refractivity contribution in [1.29, 1.82) is 0 Å². The number of hydrogen-bond acceptors (Lipinski definition) is 5. The number of amides is 1. The molecule has 1 amide bonds. The van der Waals surface area contributed by atoms with E-state index >= 15 is 0 Å². The third-order valence-corrected chi connectivity index (χ3v) is 7.12. The molecular formula is C19H26F2N2O4S. The number of halogens is 2. The molecule has 1 aromatic carbocycles. The number of alkyl halides is 2. The van der Waals surface area contributed by atoms with E-state index in [2.05, 4.69) is 10.2 Å². The monoisotopic (exact) mass is 416 g/mol. The minimum Gasteiger partial charge on any atom is -0.379 e. The molecule has 1 N–H and O–H groups in total. The van der Waals surface area contributed by atoms with Crippen LogP contribution in [0, 0.1) is 0 Å². The van der Waals surface area contributed by atoms with Crippen LogP contribution in [0.15, 0.2) is 29.2 Å². The summed E-state index contributed by atoms with van der Waals surface area (Å²) in [4.78, 5) is 14.5. The Morgan fingerprint density at radius 2 is 1.71 bits per heavy atom. The van der Waals surface area contributed by atoms with Crippen LogP contribution < -0.4 is 5.32 Å². The lowest BCUT2D eigenvalue weighted by Gasteiger charge is -2.48. The van der Waals surface area contributed by atoms with Crippen LogP contribution in [0.5, 0.6) is 0 Å². The van der Waals surface area contributed by atoms with E-state index in [4.69, 9.17) is 4.74 Å². The number of ether oxygens (including phenoxy) is 1. The number of carbonyl (C=O) groups is 1. The van der Waals surface area contributed by atoms with Crippen molar-refractivity contribution in [1.82, 2.24) is 10.2 Å². The van der Waals surface area contributed by atoms with Gasteiger partial charge in [-0.25, -0.2) is 8.42 Å². The van der Waals surface area contributed by atoms with Crippen LogP contribution in [0.3, 0.4) is 0 Å². The van der Waals surface area contributed by atoms with Crippen molar-refractivity contribution in [3.8, 4) is 0 Å². The first kappa shape index (κ1) is 21.1. The number of morpholine rings is 1. The molecule has 9 heteroatoms. The Hall–Kier alpha value is -1.58. The highest BCUT2D eigenvalue weighted by molar-refractivity contribution is 7.91. The Kier molecular flexibility index (Phi) is 6.67. The van der Waals surface area contributed by atoms with Gasteiger partial charge in [0, 0.05) is 30.7 Å². The first-order chi connectivity index (χ1) is 13.3. The van der Waals surface area contributed by atoms with Gasteiger partial charge in [-0.15, -0.1) is 0 Å². The van der Waals surface area contributed by atoms with Gasteiger partial charge in [0.15, 0.2) is 0 Å². The van der Waals surface area contributed by atoms with Gasteiger partial charge in [-0.05, 0) is 37.1 Å². The largest absolute Gasteiger partial charge is 0.379 e. The summed E-state index contributed by atoms with van der Waals surface area (Å²) in [5.74, 6) is -3.81. The van der Waals surface area contributed by atoms with E-state index in [9.17, 15) is 22.0 Å². The zero-order chi connectivity index (χ0) is 20.2. The Labute approximate surface area is 164 Å². The molecule has 1 aliphatic heterocycles. The number of rotatable bonds is 6. The molecule has 1 heterocycles. The van der Waals surface area contributed by atoms with Crippen LogP contribution in [0.25, 0.3) is 0 Å². The summed E-state index contributed by atoms with van der Waals surface area (Å²) in [5.41, 5.74) is 0.164. The SMILES string of the molecule is O=C(NCC1(N2CCOCC2)CCCCC1)c1ccc(S(=O)(=O)C(F)F)cc1. The number of hydrogen-bond donors (Lipinski definition) is 1. The molecule has 0 unspecified atom stereocenters. The maximum absolute atomic E-state index is 12.6. The highest BCUT2D eigenvalue weighted by Crippen LogP contribution is 2.34. The number of sulfone groups is 1. The molecule has 1 aromatic rings. The average Bonchev–Trinajstić information content (AvgIpc) is 2.73. The van der Waals surface area contributed by atoms with E-state index in [0.717, 1.165) is 50.9 Å². The molecule has 0 aromatic heterocycles. The van der Waals surface area contributed by atoms with Gasteiger partial charge in [-0.3, -0.25) is 9.69 Å². The molecular weight excluding hydrogens is 390 g/mol. The van der Waals surface area contributed by atoms with Gasteiger partial charge in [0.25, 0.3) is 5.91 Å². The van der Waals surface area contributed by atoms with Gasteiger partial charge >= 0.3 is 5.76 Å². The Morgan fingerprint density at radius 3 is 2.29 bits per heavy atom. The molecule has 3 rings (SSSR count). The molecule has 0 bridgehead atoms. The van der Waals surface area contributed by atoms with Crippen LogP contribution in [0.4, 0.5) is 8.78 Å². The third-order valence-electron chi connectivity index (χ3n) is 5.72. The molecule has 2 fully saturated rings. The normalized spacial score (nSPS) is 20.8. The highest BCUT2D eigenvalue weighted by atomic mass is 32.2. The minimum atomic E-state index is -4.66. The topological polar surface area (TPSA) is 75.7 Å². The van der Waals surface area contributed by atoms with Crippen molar-refractivity contribution in [3.63, 3.8) is 0 Å². The fraction of sp³-hybridized carbons (Fsp3) is 0.632. The second-order valence-electron chi connectivity index (χ2n) is 7.40. The van der Waals surface area contributed by atoms with Crippen LogP contribution in [-0.2, 0) is 14.6 Å². The second kappa shape index (κ2) is 8.84. The predicted molar refractivity (Wildman–Crippen MR) is 100 cm³/mol. The lowest BCUT2D eigenvalue weighted by molar-refractivity contribution is -0.0361. The minimum absolute atomic E-state index is 0.0867. The van der Waals surface area contributed by atoms with Gasteiger partial charge in [0.1, 0.15) is 0 Å². The van der Waals surface area contributed by atoms with Crippen LogP contribution in [0.2, 0.25) is 0 Å². The third kappa shape index (κ3) is 4.52. The summed E-state index contributed by atoms with van der Waals surface area (Å²) in [6.07, 6.45) is 5.46. The summed E-state index contributed by atoms with van der Waals surface area (Å²) in [6.45, 7) is 3.57. The quantitative estimate of drug-likeness (QED) is 0.771. The van der Waals surface area contributed by atoms with Gasteiger partial charge < -0.3 is 10.1 Å². The lowest BCUT2D eigenvalue weighted by atomic mass is 9.79. The molecule has 1 saturated carbocycles. The molecule has 0 atom stereocenters. The Balaban J connectivity index is 1.67. The van der Waals surface area contributed by atoms with Crippen molar-refractivity contribution >= 4 is 15.7 Å². The Morgan fingerprint density at radius 1 is 1.11 bits per heavy atom. The molecule has 2 aliphatic rings. The number of carbonyl (C=O) groups excluding carboxylic acids is 1. The van der Waals surface area contributed by atoms with E-state index in [0.29, 0.717) is 19.8 Å². The van der Waals surface area contributed by atoms with Crippen molar-refractivity contribution in [3.05, 3.63) is 29.8 Å². The van der Waals surface area contributed by atoms with E-state index in [1.54, 1.807) is 0 Å². The zero-order valence-corrected chi connectivity index (χ0v) is 16.5. The summed E-state index contributed by atoms with van der Waals surface area (Å²) < 4.78 is 53.7. The smallest absolute Gasteiger partial charge is 0.341 e. The van der Waals surface area contributed by atoms with Crippen LogP contribution in [0.1, 0.15) is 42.5 Å². The number of benzene rings is 1. The fourth-order valence-corrected chi connectivity index (χ4v) is 4.82. The molecule has 1 aliphatic carbocycles. The van der Waals surface area contributed by atoms with E-state index < -0.39 is 20.5 Å². The standard InChI is InChI=1S/C19H26F2N2O4S/c20-18(21)28(25,26)16-6-4-15(5-7-16)17(24)22-14-19(8-2-1-3-9-19)23-10-12-27-13-11-23/h4-7,18H,1-3,8-14H2,(H,22,24). The molecule has 1 saturated heterocycles. The van der Waals surface area contributed by atoms with E-state index in [1.807, 2.05) is 0 Å². The van der Waals surface area contributed by atoms with Crippen LogP contribution >= 0.6 is 0 Å². The Bertz CT molecular complexity index is 772. The van der Waals surface area contributed by atoms with Gasteiger partial charge in [-0.1, -0.05) is 19.3 Å². The lowest BCUT2D eigenvalue weighted by Crippen LogP contribution is -2.59. The molecule has 28 heavy (non-hydrogen) atoms. The van der Waals surface area contributed by atoms with E-state index in [1.165, 1.54) is 18.6 Å². The number of nitrogens with zero attached hydrogens (tertiary/aromatic N) is 1. The maximum Gasteiger partial charge on any atom is 0.341 e. The summed E-state index contributed by atoms with van der Waals surface area (Å²) in [7, 11) is -4.66. The second-order valence-corrected chi connectivity index (χ2v) is 9.31. The van der Waals surface area contributed by atoms with Crippen molar-refractivity contribution in [2.24, 2.45) is 0 Å². The van der Waals surface area contributed by atoms with Crippen molar-refractivity contribution in [2.45, 2.75) is 48.3 Å². The van der Waals surface area contributed by atoms with Crippen molar-refractivity contribution < 1.29 is 26.7 Å². The first-order valence-corrected chi connectivity index (χ1v) is 11.1. The molecule has 156 valence electrons. The van der Waals surface area contributed by atoms with Gasteiger partial charge in [0.05, 0.1) is 18.1 Å². The fourth-order valence-electron chi connectivity index (χ4n) is 4.10. The average molecular weight is 416 g/mol. The maximum atomic E-state index is 12.6. The zero-order valence-electron chi connectivity index (χ0n) is 15.7. The number of nitrogens with one attached hydrogen (secondary N) is 1. The summed E-state index contributed by atoms with van der Waals surface area (Å²) in [6, 6.07) is 4.64. The molecule has 0 spiro atoms. The summed E-state index contributed by atoms with van der Waals surface area (Å²) >= 11 is 0. The van der Waals surface area contributed by atoms with Crippen molar-refractivity contribution in [2.75, 3.05) is 32.8 Å². The molecule has 0 radical (unpaired) electrons. The van der Waals surface area contributed by atoms with Gasteiger partial charge in [-0.2, -0.15) is 8.78 Å². The molecule has 6 nitrogen and oxygen atoms in total. The summed E-state index contributed by atoms with van der Waals surface area (Å²) in [5, 5.41) is 2.97. The first-order valence-electron chi connectivity index (χ1n) is 9.58. The van der Waals surface area contributed by atoms with Gasteiger partial charge in [0.2, 0.25) is 9.84 Å². The highest BCUT2D eigenvalue weighted by Gasteiger charge is 2.38. The van der Waals surface area contributed by atoms with E-state index in [-0.39, 0.29) is 17.0 Å². The van der Waals surface area contributed by atoms with Crippen LogP contribution in [-0.4, -0.2) is 63.4 Å².